The molecule has 1 atom stereocenters. The second kappa shape index (κ2) is 9.89. The zero-order valence-electron chi connectivity index (χ0n) is 16.8. The van der Waals surface area contributed by atoms with Gasteiger partial charge in [0, 0.05) is 14.1 Å². The molecule has 0 aliphatic carbocycles. The van der Waals surface area contributed by atoms with Gasteiger partial charge in [0.05, 0.1) is 34.9 Å². The summed E-state index contributed by atoms with van der Waals surface area (Å²) in [4.78, 5) is 31.6. The number of rotatable bonds is 7. The van der Waals surface area contributed by atoms with Gasteiger partial charge >= 0.3 is 0 Å². The van der Waals surface area contributed by atoms with E-state index in [0.717, 1.165) is 11.3 Å². The van der Waals surface area contributed by atoms with Gasteiger partial charge in [-0.1, -0.05) is 54.1 Å². The van der Waals surface area contributed by atoms with E-state index in [0.29, 0.717) is 16.4 Å². The number of hydrogen-bond donors (Lipinski definition) is 2. The molecule has 0 aliphatic rings. The summed E-state index contributed by atoms with van der Waals surface area (Å²) >= 11 is 6.14. The molecule has 6 nitrogen and oxygen atoms in total. The van der Waals surface area contributed by atoms with E-state index >= 15 is 0 Å². The fourth-order valence-corrected chi connectivity index (χ4v) is 3.14. The highest BCUT2D eigenvalue weighted by Crippen LogP contribution is 2.21. The summed E-state index contributed by atoms with van der Waals surface area (Å²) in [7, 11) is 3.84. The Balaban J connectivity index is 1.73. The van der Waals surface area contributed by atoms with Gasteiger partial charge in [-0.15, -0.1) is 0 Å². The van der Waals surface area contributed by atoms with E-state index in [4.69, 9.17) is 11.6 Å². The number of carbonyl (C=O) groups is 2. The molecule has 2 amide bonds. The van der Waals surface area contributed by atoms with Crippen molar-refractivity contribution in [1.29, 1.82) is 0 Å². The Morgan fingerprint density at radius 1 is 1.00 bits per heavy atom. The third kappa shape index (κ3) is 5.58. The van der Waals surface area contributed by atoms with Crippen LogP contribution < -0.4 is 15.5 Å². The van der Waals surface area contributed by atoms with Crippen molar-refractivity contribution >= 4 is 34.9 Å². The minimum atomic E-state index is -0.518. The number of halogens is 1. The molecule has 0 radical (unpaired) electrons. The van der Waals surface area contributed by atoms with Crippen LogP contribution in [0, 0.1) is 0 Å². The van der Waals surface area contributed by atoms with E-state index in [1.165, 1.54) is 0 Å². The van der Waals surface area contributed by atoms with E-state index in [1.807, 2.05) is 55.4 Å². The van der Waals surface area contributed by atoms with Crippen LogP contribution >= 0.6 is 11.6 Å². The van der Waals surface area contributed by atoms with Crippen LogP contribution in [0.3, 0.4) is 0 Å². The van der Waals surface area contributed by atoms with Gasteiger partial charge in [0.2, 0.25) is 5.91 Å². The second-order valence-electron chi connectivity index (χ2n) is 6.96. The van der Waals surface area contributed by atoms with Crippen LogP contribution in [0.25, 0.3) is 0 Å². The van der Waals surface area contributed by atoms with Crippen molar-refractivity contribution in [3.63, 3.8) is 0 Å². The molecule has 2 N–H and O–H groups in total. The number of nitrogens with zero attached hydrogens (tertiary/aromatic N) is 2. The van der Waals surface area contributed by atoms with Crippen molar-refractivity contribution in [2.24, 2.45) is 0 Å². The first-order valence-electron chi connectivity index (χ1n) is 9.47. The summed E-state index contributed by atoms with van der Waals surface area (Å²) in [6, 6.07) is 19.3. The van der Waals surface area contributed by atoms with Crippen molar-refractivity contribution in [3.05, 3.63) is 89.1 Å². The third-order valence-corrected chi connectivity index (χ3v) is 4.88. The molecule has 2 aromatic carbocycles. The van der Waals surface area contributed by atoms with Crippen molar-refractivity contribution in [2.45, 2.75) is 12.5 Å². The number of anilines is 2. The maximum Gasteiger partial charge on any atom is 0.253 e. The molecular weight excluding hydrogens is 400 g/mol. The van der Waals surface area contributed by atoms with Crippen LogP contribution in [0.4, 0.5) is 11.5 Å². The van der Waals surface area contributed by atoms with Crippen molar-refractivity contribution in [3.8, 4) is 0 Å². The molecule has 3 aromatic rings. The molecule has 0 saturated heterocycles. The zero-order chi connectivity index (χ0) is 21.5. The van der Waals surface area contributed by atoms with Gasteiger partial charge in [-0.3, -0.25) is 9.59 Å². The lowest BCUT2D eigenvalue weighted by Gasteiger charge is -2.19. The van der Waals surface area contributed by atoms with Crippen molar-refractivity contribution < 1.29 is 9.59 Å². The van der Waals surface area contributed by atoms with E-state index in [1.54, 1.807) is 36.5 Å². The van der Waals surface area contributed by atoms with Crippen LogP contribution in [-0.2, 0) is 4.79 Å². The molecule has 1 aromatic heterocycles. The number of aromatic nitrogens is 1. The highest BCUT2D eigenvalue weighted by Gasteiger charge is 2.20. The molecule has 0 fully saturated rings. The summed E-state index contributed by atoms with van der Waals surface area (Å²) in [6.07, 6.45) is 1.74. The zero-order valence-corrected chi connectivity index (χ0v) is 17.6. The SMILES string of the molecule is CN(C)c1ccc(NC(=O)CC(NC(=O)c2ccccc2Cl)c2ccccc2)nc1. The minimum absolute atomic E-state index is 0.0529. The summed E-state index contributed by atoms with van der Waals surface area (Å²) < 4.78 is 0. The van der Waals surface area contributed by atoms with Gasteiger partial charge in [0.1, 0.15) is 5.82 Å². The molecule has 0 aliphatic heterocycles. The van der Waals surface area contributed by atoms with E-state index in [2.05, 4.69) is 15.6 Å². The average Bonchev–Trinajstić information content (AvgIpc) is 2.74. The smallest absolute Gasteiger partial charge is 0.253 e. The van der Waals surface area contributed by atoms with Crippen LogP contribution in [0.5, 0.6) is 0 Å². The van der Waals surface area contributed by atoms with E-state index in [-0.39, 0.29) is 18.2 Å². The molecule has 7 heteroatoms. The minimum Gasteiger partial charge on any atom is -0.376 e. The van der Waals surface area contributed by atoms with Crippen LogP contribution in [-0.4, -0.2) is 30.9 Å². The normalized spacial score (nSPS) is 11.4. The number of amides is 2. The Kier molecular flexibility index (Phi) is 7.03. The maximum atomic E-state index is 12.7. The van der Waals surface area contributed by atoms with E-state index < -0.39 is 6.04 Å². The number of benzene rings is 2. The lowest BCUT2D eigenvalue weighted by atomic mass is 10.0. The first-order chi connectivity index (χ1) is 14.4. The summed E-state index contributed by atoms with van der Waals surface area (Å²) in [5.74, 6) is -0.140. The Hall–Kier alpha value is -3.38. The lowest BCUT2D eigenvalue weighted by molar-refractivity contribution is -0.116. The fraction of sp³-hybridized carbons (Fsp3) is 0.174. The van der Waals surface area contributed by atoms with Crippen LogP contribution in [0.15, 0.2) is 72.9 Å². The number of carbonyl (C=O) groups excluding carboxylic acids is 2. The van der Waals surface area contributed by atoms with Crippen LogP contribution in [0.2, 0.25) is 5.02 Å². The van der Waals surface area contributed by atoms with Gasteiger partial charge in [0.25, 0.3) is 5.91 Å². The third-order valence-electron chi connectivity index (χ3n) is 4.55. The maximum absolute atomic E-state index is 12.7. The standard InChI is InChI=1S/C23H23ClN4O2/c1-28(2)17-12-13-21(25-15-17)27-22(29)14-20(16-8-4-3-5-9-16)26-23(30)18-10-6-7-11-19(18)24/h3-13,15,20H,14H2,1-2H3,(H,26,30)(H,25,27,29). The molecular formula is C23H23ClN4O2. The highest BCUT2D eigenvalue weighted by molar-refractivity contribution is 6.33. The Morgan fingerprint density at radius 3 is 2.33 bits per heavy atom. The lowest BCUT2D eigenvalue weighted by Crippen LogP contribution is -2.31. The molecule has 0 saturated carbocycles. The molecule has 0 spiro atoms. The number of pyridine rings is 1. The predicted octanol–water partition coefficient (Wildman–Crippen LogP) is 4.30. The average molecular weight is 423 g/mol. The summed E-state index contributed by atoms with van der Waals surface area (Å²) in [6.45, 7) is 0. The molecule has 1 heterocycles. The van der Waals surface area contributed by atoms with Gasteiger partial charge in [-0.25, -0.2) is 4.98 Å². The molecule has 154 valence electrons. The Morgan fingerprint density at radius 2 is 1.70 bits per heavy atom. The molecule has 0 bridgehead atoms. The number of nitrogens with one attached hydrogen (secondary N) is 2. The first kappa shape index (κ1) is 21.3. The van der Waals surface area contributed by atoms with Gasteiger partial charge in [-0.2, -0.15) is 0 Å². The molecule has 30 heavy (non-hydrogen) atoms. The van der Waals surface area contributed by atoms with Gasteiger partial charge < -0.3 is 15.5 Å². The van der Waals surface area contributed by atoms with Crippen molar-refractivity contribution in [1.82, 2.24) is 10.3 Å². The van der Waals surface area contributed by atoms with Crippen LogP contribution in [0.1, 0.15) is 28.4 Å². The summed E-state index contributed by atoms with van der Waals surface area (Å²) in [5.41, 5.74) is 2.12. The Bertz CT molecular complexity index is 1010. The quantitative estimate of drug-likeness (QED) is 0.595. The fourth-order valence-electron chi connectivity index (χ4n) is 2.92. The van der Waals surface area contributed by atoms with Crippen molar-refractivity contribution in [2.75, 3.05) is 24.3 Å². The summed E-state index contributed by atoms with van der Waals surface area (Å²) in [5, 5.41) is 6.06. The second-order valence-corrected chi connectivity index (χ2v) is 7.37. The largest absolute Gasteiger partial charge is 0.376 e. The molecule has 3 rings (SSSR count). The van der Waals surface area contributed by atoms with Gasteiger partial charge in [-0.05, 0) is 29.8 Å². The molecule has 1 unspecified atom stereocenters. The van der Waals surface area contributed by atoms with Gasteiger partial charge in [0.15, 0.2) is 0 Å². The monoisotopic (exact) mass is 422 g/mol. The first-order valence-corrected chi connectivity index (χ1v) is 9.85. The highest BCUT2D eigenvalue weighted by atomic mass is 35.5. The predicted molar refractivity (Wildman–Crippen MR) is 120 cm³/mol. The number of hydrogen-bond acceptors (Lipinski definition) is 4. The Labute approximate surface area is 180 Å². The topological polar surface area (TPSA) is 74.3 Å². The van der Waals surface area contributed by atoms with E-state index in [9.17, 15) is 9.59 Å².